The maximum atomic E-state index is 13.0. The number of nitrogens with two attached hydrogens (primary N) is 1. The topological polar surface area (TPSA) is 86.5 Å². The van der Waals surface area contributed by atoms with Gasteiger partial charge in [-0.25, -0.2) is 9.37 Å². The van der Waals surface area contributed by atoms with Crippen molar-refractivity contribution < 1.29 is 4.39 Å². The lowest BCUT2D eigenvalue weighted by molar-refractivity contribution is 0.607. The van der Waals surface area contributed by atoms with Crippen LogP contribution in [0.2, 0.25) is 0 Å². The van der Waals surface area contributed by atoms with Crippen LogP contribution in [0.1, 0.15) is 23.7 Å². The van der Waals surface area contributed by atoms with Crippen molar-refractivity contribution in [1.29, 1.82) is 10.5 Å². The van der Waals surface area contributed by atoms with Crippen LogP contribution in [0.3, 0.4) is 0 Å². The average molecular weight is 190 g/mol. The molecule has 1 atom stereocenters. The number of aromatic nitrogens is 1. The van der Waals surface area contributed by atoms with Crippen molar-refractivity contribution in [2.24, 2.45) is 5.73 Å². The van der Waals surface area contributed by atoms with E-state index in [1.165, 1.54) is 6.20 Å². The molecule has 1 aromatic heterocycles. The fourth-order valence-electron chi connectivity index (χ4n) is 0.954. The third kappa shape index (κ3) is 2.03. The van der Waals surface area contributed by atoms with E-state index in [4.69, 9.17) is 16.3 Å². The Morgan fingerprint density at radius 1 is 1.57 bits per heavy atom. The number of nitrogens with zero attached hydrogens (tertiary/aromatic N) is 3. The van der Waals surface area contributed by atoms with Gasteiger partial charge in [0.1, 0.15) is 6.07 Å². The van der Waals surface area contributed by atoms with Crippen LogP contribution in [0, 0.1) is 28.5 Å². The summed E-state index contributed by atoms with van der Waals surface area (Å²) in [6.45, 7) is 0. The number of hydrogen-bond acceptors (Lipinski definition) is 4. The SMILES string of the molecule is N#CCC(N)c1cnc(C#N)c(F)c1. The predicted octanol–water partition coefficient (Wildman–Crippen LogP) is 1.01. The van der Waals surface area contributed by atoms with E-state index < -0.39 is 11.9 Å². The van der Waals surface area contributed by atoms with Crippen molar-refractivity contribution in [3.8, 4) is 12.1 Å². The van der Waals surface area contributed by atoms with Crippen LogP contribution in [0.4, 0.5) is 4.39 Å². The van der Waals surface area contributed by atoms with Crippen LogP contribution < -0.4 is 5.73 Å². The van der Waals surface area contributed by atoms with E-state index in [1.54, 1.807) is 6.07 Å². The van der Waals surface area contributed by atoms with Gasteiger partial charge in [0.25, 0.3) is 0 Å². The zero-order valence-electron chi connectivity index (χ0n) is 7.24. The molecule has 0 saturated carbocycles. The van der Waals surface area contributed by atoms with Crippen LogP contribution in [-0.2, 0) is 0 Å². The molecule has 0 aromatic carbocycles. The van der Waals surface area contributed by atoms with Crippen molar-refractivity contribution in [2.45, 2.75) is 12.5 Å². The fraction of sp³-hybridized carbons (Fsp3) is 0.222. The Bertz CT molecular complexity index is 416. The average Bonchev–Trinajstić information content (AvgIpc) is 2.18. The van der Waals surface area contributed by atoms with Gasteiger partial charge in [-0.05, 0) is 11.6 Å². The van der Waals surface area contributed by atoms with Gasteiger partial charge in [-0.15, -0.1) is 0 Å². The van der Waals surface area contributed by atoms with Gasteiger partial charge in [-0.3, -0.25) is 0 Å². The molecule has 1 unspecified atom stereocenters. The van der Waals surface area contributed by atoms with Crippen molar-refractivity contribution in [3.63, 3.8) is 0 Å². The van der Waals surface area contributed by atoms with E-state index >= 15 is 0 Å². The Hall–Kier alpha value is -1.98. The Morgan fingerprint density at radius 2 is 2.29 bits per heavy atom. The molecule has 0 fully saturated rings. The van der Waals surface area contributed by atoms with Gasteiger partial charge in [-0.1, -0.05) is 0 Å². The summed E-state index contributed by atoms with van der Waals surface area (Å²) in [7, 11) is 0. The van der Waals surface area contributed by atoms with E-state index in [9.17, 15) is 4.39 Å². The molecule has 1 aromatic rings. The first-order chi connectivity index (χ1) is 6.69. The monoisotopic (exact) mass is 190 g/mol. The van der Waals surface area contributed by atoms with Crippen LogP contribution in [0.5, 0.6) is 0 Å². The van der Waals surface area contributed by atoms with Gasteiger partial charge in [0.15, 0.2) is 11.5 Å². The second kappa shape index (κ2) is 4.31. The highest BCUT2D eigenvalue weighted by molar-refractivity contribution is 5.27. The molecule has 2 N–H and O–H groups in total. The Balaban J connectivity index is 2.99. The molecule has 0 aliphatic heterocycles. The minimum absolute atomic E-state index is 0.0903. The summed E-state index contributed by atoms with van der Waals surface area (Å²) in [6.07, 6.45) is 1.40. The number of nitriles is 2. The Morgan fingerprint density at radius 3 is 2.79 bits per heavy atom. The van der Waals surface area contributed by atoms with E-state index in [0.717, 1.165) is 6.07 Å². The standard InChI is InChI=1S/C9H7FN4/c10-7-3-6(8(13)1-2-11)5-14-9(7)4-12/h3,5,8H,1,13H2. The molecule has 70 valence electrons. The number of rotatable bonds is 2. The third-order valence-corrected chi connectivity index (χ3v) is 1.71. The van der Waals surface area contributed by atoms with Gasteiger partial charge in [-0.2, -0.15) is 10.5 Å². The first kappa shape index (κ1) is 10.1. The molecule has 0 spiro atoms. The second-order valence-corrected chi connectivity index (χ2v) is 2.68. The zero-order valence-corrected chi connectivity index (χ0v) is 7.24. The summed E-state index contributed by atoms with van der Waals surface area (Å²) in [5, 5.41) is 16.8. The molecule has 1 rings (SSSR count). The summed E-state index contributed by atoms with van der Waals surface area (Å²) in [4.78, 5) is 3.57. The molecule has 0 aliphatic carbocycles. The second-order valence-electron chi connectivity index (χ2n) is 2.68. The van der Waals surface area contributed by atoms with Gasteiger partial charge in [0, 0.05) is 12.2 Å². The van der Waals surface area contributed by atoms with Crippen LogP contribution in [0.25, 0.3) is 0 Å². The van der Waals surface area contributed by atoms with Gasteiger partial charge in [0.2, 0.25) is 0 Å². The maximum absolute atomic E-state index is 13.0. The van der Waals surface area contributed by atoms with Crippen LogP contribution >= 0.6 is 0 Å². The highest BCUT2D eigenvalue weighted by Gasteiger charge is 2.09. The van der Waals surface area contributed by atoms with Crippen molar-refractivity contribution in [2.75, 3.05) is 0 Å². The molecule has 0 amide bonds. The van der Waals surface area contributed by atoms with Crippen molar-refractivity contribution in [3.05, 3.63) is 29.3 Å². The van der Waals surface area contributed by atoms with E-state index in [-0.39, 0.29) is 12.1 Å². The van der Waals surface area contributed by atoms with E-state index in [0.29, 0.717) is 5.56 Å². The lowest BCUT2D eigenvalue weighted by atomic mass is 10.1. The molecule has 0 radical (unpaired) electrons. The summed E-state index contributed by atoms with van der Waals surface area (Å²) in [5.74, 6) is -0.710. The summed E-state index contributed by atoms with van der Waals surface area (Å²) < 4.78 is 13.0. The van der Waals surface area contributed by atoms with Gasteiger partial charge < -0.3 is 5.73 Å². The molecular formula is C9H7FN4. The Labute approximate surface area is 80.4 Å². The highest BCUT2D eigenvalue weighted by Crippen LogP contribution is 2.14. The molecular weight excluding hydrogens is 183 g/mol. The largest absolute Gasteiger partial charge is 0.323 e. The molecule has 0 saturated heterocycles. The molecule has 1 heterocycles. The summed E-state index contributed by atoms with van der Waals surface area (Å²) in [6, 6.07) is 4.05. The smallest absolute Gasteiger partial charge is 0.176 e. The van der Waals surface area contributed by atoms with Gasteiger partial charge in [0.05, 0.1) is 12.5 Å². The molecule has 4 nitrogen and oxygen atoms in total. The first-order valence-corrected chi connectivity index (χ1v) is 3.87. The van der Waals surface area contributed by atoms with Gasteiger partial charge >= 0.3 is 0 Å². The minimum Gasteiger partial charge on any atom is -0.323 e. The molecule has 0 bridgehead atoms. The highest BCUT2D eigenvalue weighted by atomic mass is 19.1. The third-order valence-electron chi connectivity index (χ3n) is 1.71. The lowest BCUT2D eigenvalue weighted by Gasteiger charge is -2.06. The molecule has 5 heteroatoms. The van der Waals surface area contributed by atoms with Crippen LogP contribution in [-0.4, -0.2) is 4.98 Å². The summed E-state index contributed by atoms with van der Waals surface area (Å²) >= 11 is 0. The summed E-state index contributed by atoms with van der Waals surface area (Å²) in [5.41, 5.74) is 5.71. The molecule has 14 heavy (non-hydrogen) atoms. The van der Waals surface area contributed by atoms with E-state index in [2.05, 4.69) is 4.98 Å². The zero-order chi connectivity index (χ0) is 10.6. The maximum Gasteiger partial charge on any atom is 0.176 e. The van der Waals surface area contributed by atoms with Crippen molar-refractivity contribution >= 4 is 0 Å². The quantitative estimate of drug-likeness (QED) is 0.753. The van der Waals surface area contributed by atoms with Crippen LogP contribution in [0.15, 0.2) is 12.3 Å². The number of halogens is 1. The lowest BCUT2D eigenvalue weighted by Crippen LogP contribution is -2.10. The van der Waals surface area contributed by atoms with Crippen molar-refractivity contribution in [1.82, 2.24) is 4.98 Å². The normalized spacial score (nSPS) is 11.4. The number of pyridine rings is 1. The number of hydrogen-bond donors (Lipinski definition) is 1. The minimum atomic E-state index is -0.710. The predicted molar refractivity (Wildman–Crippen MR) is 46.1 cm³/mol. The molecule has 0 aliphatic rings. The Kier molecular flexibility index (Phi) is 3.11. The fourth-order valence-corrected chi connectivity index (χ4v) is 0.954. The van der Waals surface area contributed by atoms with E-state index in [1.807, 2.05) is 6.07 Å². The first-order valence-electron chi connectivity index (χ1n) is 3.87.